The van der Waals surface area contributed by atoms with Gasteiger partial charge in [0.1, 0.15) is 11.3 Å². The second-order valence-electron chi connectivity index (χ2n) is 5.33. The Morgan fingerprint density at radius 2 is 2.08 bits per heavy atom. The van der Waals surface area contributed by atoms with Gasteiger partial charge in [-0.05, 0) is 37.3 Å². The van der Waals surface area contributed by atoms with Gasteiger partial charge in [-0.3, -0.25) is 19.7 Å². The van der Waals surface area contributed by atoms with Crippen molar-refractivity contribution < 1.29 is 19.2 Å². The highest BCUT2D eigenvalue weighted by Crippen LogP contribution is 2.32. The molecule has 1 atom stereocenters. The fourth-order valence-electron chi connectivity index (χ4n) is 2.33. The molecule has 0 unspecified atom stereocenters. The van der Waals surface area contributed by atoms with Gasteiger partial charge in [-0.1, -0.05) is 11.6 Å². The largest absolute Gasteiger partial charge is 0.479 e. The first kappa shape index (κ1) is 16.7. The molecule has 1 aliphatic rings. The molecule has 0 fully saturated rings. The average molecular weight is 362 g/mol. The van der Waals surface area contributed by atoms with E-state index in [9.17, 15) is 19.7 Å². The van der Waals surface area contributed by atoms with Gasteiger partial charge >= 0.3 is 0 Å². The molecule has 0 saturated heterocycles. The predicted molar refractivity (Wildman–Crippen MR) is 91.2 cm³/mol. The molecule has 25 heavy (non-hydrogen) atoms. The molecule has 8 nitrogen and oxygen atoms in total. The smallest absolute Gasteiger partial charge is 0.282 e. The van der Waals surface area contributed by atoms with Crippen molar-refractivity contribution in [3.05, 3.63) is 57.1 Å². The molecule has 0 saturated carbocycles. The van der Waals surface area contributed by atoms with Crippen LogP contribution in [0.25, 0.3) is 0 Å². The van der Waals surface area contributed by atoms with Gasteiger partial charge in [-0.25, -0.2) is 0 Å². The van der Waals surface area contributed by atoms with E-state index in [1.54, 1.807) is 19.1 Å². The lowest BCUT2D eigenvalue weighted by molar-refractivity contribution is -0.385. The van der Waals surface area contributed by atoms with Crippen molar-refractivity contribution in [1.82, 2.24) is 0 Å². The first-order valence-corrected chi connectivity index (χ1v) is 7.60. The monoisotopic (exact) mass is 361 g/mol. The number of ether oxygens (including phenoxy) is 1. The lowest BCUT2D eigenvalue weighted by Crippen LogP contribution is -2.34. The molecule has 3 rings (SSSR count). The minimum atomic E-state index is -0.689. The third-order valence-corrected chi connectivity index (χ3v) is 3.80. The van der Waals surface area contributed by atoms with E-state index >= 15 is 0 Å². The highest BCUT2D eigenvalue weighted by atomic mass is 35.5. The number of rotatable bonds is 3. The standard InChI is InChI=1S/C16H12ClN3O5/c1-8-15(21)19-12-7-10(3-5-14(12)25-8)18-16(22)11-6-9(17)2-4-13(11)20(23)24/h2-8H,1H3,(H,18,22)(H,19,21)/t8-/m1/s1. The van der Waals surface area contributed by atoms with Gasteiger partial charge in [0.05, 0.1) is 10.6 Å². The Bertz CT molecular complexity index is 899. The van der Waals surface area contributed by atoms with E-state index in [0.717, 1.165) is 0 Å². The number of halogens is 1. The molecular weight excluding hydrogens is 350 g/mol. The maximum absolute atomic E-state index is 12.4. The van der Waals surface area contributed by atoms with E-state index in [1.807, 2.05) is 0 Å². The number of fused-ring (bicyclic) bond motifs is 1. The molecule has 0 aliphatic carbocycles. The normalized spacial score (nSPS) is 15.6. The summed E-state index contributed by atoms with van der Waals surface area (Å²) in [4.78, 5) is 34.4. The van der Waals surface area contributed by atoms with Crippen LogP contribution in [0.15, 0.2) is 36.4 Å². The van der Waals surface area contributed by atoms with Gasteiger partial charge < -0.3 is 15.4 Å². The zero-order chi connectivity index (χ0) is 18.1. The van der Waals surface area contributed by atoms with E-state index < -0.39 is 16.9 Å². The van der Waals surface area contributed by atoms with Crippen LogP contribution in [0.3, 0.4) is 0 Å². The number of carbonyl (C=O) groups is 2. The van der Waals surface area contributed by atoms with E-state index in [0.29, 0.717) is 17.1 Å². The Morgan fingerprint density at radius 3 is 2.80 bits per heavy atom. The quantitative estimate of drug-likeness (QED) is 0.644. The molecule has 0 radical (unpaired) electrons. The fourth-order valence-corrected chi connectivity index (χ4v) is 2.51. The van der Waals surface area contributed by atoms with Gasteiger partial charge in [0.25, 0.3) is 17.5 Å². The molecule has 0 spiro atoms. The Balaban J connectivity index is 1.87. The summed E-state index contributed by atoms with van der Waals surface area (Å²) in [6.07, 6.45) is -0.609. The number of nitro groups is 1. The van der Waals surface area contributed by atoms with E-state index in [4.69, 9.17) is 16.3 Å². The number of nitrogens with one attached hydrogen (secondary N) is 2. The number of carbonyl (C=O) groups excluding carboxylic acids is 2. The Morgan fingerprint density at radius 1 is 1.32 bits per heavy atom. The molecule has 0 aromatic heterocycles. The average Bonchev–Trinajstić information content (AvgIpc) is 2.55. The first-order chi connectivity index (χ1) is 11.8. The third-order valence-electron chi connectivity index (χ3n) is 3.57. The molecular formula is C16H12ClN3O5. The van der Waals surface area contributed by atoms with Crippen LogP contribution in [0.4, 0.5) is 17.1 Å². The molecule has 2 aromatic carbocycles. The Labute approximate surface area is 146 Å². The van der Waals surface area contributed by atoms with E-state index in [2.05, 4.69) is 10.6 Å². The van der Waals surface area contributed by atoms with Crippen molar-refractivity contribution >= 4 is 40.5 Å². The molecule has 128 valence electrons. The number of hydrogen-bond acceptors (Lipinski definition) is 5. The summed E-state index contributed by atoms with van der Waals surface area (Å²) in [5.74, 6) is -0.522. The first-order valence-electron chi connectivity index (χ1n) is 7.22. The Kier molecular flexibility index (Phi) is 4.28. The van der Waals surface area contributed by atoms with Crippen LogP contribution in [0.5, 0.6) is 5.75 Å². The number of benzene rings is 2. The summed E-state index contributed by atoms with van der Waals surface area (Å²) in [5, 5.41) is 16.5. The lowest BCUT2D eigenvalue weighted by atomic mass is 10.1. The second-order valence-corrected chi connectivity index (χ2v) is 5.77. The predicted octanol–water partition coefficient (Wildman–Crippen LogP) is 3.22. The minimum absolute atomic E-state index is 0.163. The van der Waals surface area contributed by atoms with Gasteiger partial charge in [0, 0.05) is 16.8 Å². The summed E-state index contributed by atoms with van der Waals surface area (Å²) in [7, 11) is 0. The second kappa shape index (κ2) is 6.40. The van der Waals surface area contributed by atoms with Crippen molar-refractivity contribution in [2.45, 2.75) is 13.0 Å². The van der Waals surface area contributed by atoms with Gasteiger partial charge in [-0.15, -0.1) is 0 Å². The highest BCUT2D eigenvalue weighted by Gasteiger charge is 2.25. The van der Waals surface area contributed by atoms with Crippen molar-refractivity contribution in [2.75, 3.05) is 10.6 Å². The van der Waals surface area contributed by atoms with Crippen molar-refractivity contribution in [3.63, 3.8) is 0 Å². The lowest BCUT2D eigenvalue weighted by Gasteiger charge is -2.23. The van der Waals surface area contributed by atoms with Crippen LogP contribution in [0.1, 0.15) is 17.3 Å². The van der Waals surface area contributed by atoms with Crippen LogP contribution in [0.2, 0.25) is 5.02 Å². The number of nitrogens with zero attached hydrogens (tertiary/aromatic N) is 1. The SMILES string of the molecule is C[C@H]1Oc2ccc(NC(=O)c3cc(Cl)ccc3[N+](=O)[O-])cc2NC1=O. The summed E-state index contributed by atoms with van der Waals surface area (Å²) in [6, 6.07) is 8.39. The molecule has 1 aliphatic heterocycles. The van der Waals surface area contributed by atoms with Crippen LogP contribution >= 0.6 is 11.6 Å². The van der Waals surface area contributed by atoms with Crippen LogP contribution in [0, 0.1) is 10.1 Å². The minimum Gasteiger partial charge on any atom is -0.479 e. The highest BCUT2D eigenvalue weighted by molar-refractivity contribution is 6.31. The summed E-state index contributed by atoms with van der Waals surface area (Å²) in [6.45, 7) is 1.62. The topological polar surface area (TPSA) is 111 Å². The molecule has 2 N–H and O–H groups in total. The zero-order valence-corrected chi connectivity index (χ0v) is 13.7. The third kappa shape index (κ3) is 3.38. The van der Waals surface area contributed by atoms with Crippen molar-refractivity contribution in [1.29, 1.82) is 0 Å². The summed E-state index contributed by atoms with van der Waals surface area (Å²) >= 11 is 5.83. The number of anilines is 2. The molecule has 2 amide bonds. The van der Waals surface area contributed by atoms with Gasteiger partial charge in [-0.2, -0.15) is 0 Å². The molecule has 9 heteroatoms. The molecule has 1 heterocycles. The Hall–Kier alpha value is -3.13. The van der Waals surface area contributed by atoms with E-state index in [1.165, 1.54) is 24.3 Å². The molecule has 2 aromatic rings. The number of amides is 2. The molecule has 0 bridgehead atoms. The maximum atomic E-state index is 12.4. The summed E-state index contributed by atoms with van der Waals surface area (Å²) in [5.41, 5.74) is 0.229. The summed E-state index contributed by atoms with van der Waals surface area (Å²) < 4.78 is 5.42. The van der Waals surface area contributed by atoms with Gasteiger partial charge in [0.15, 0.2) is 6.10 Å². The van der Waals surface area contributed by atoms with E-state index in [-0.39, 0.29) is 22.2 Å². The fraction of sp³-hybridized carbons (Fsp3) is 0.125. The van der Waals surface area contributed by atoms with Crippen LogP contribution < -0.4 is 15.4 Å². The number of nitro benzene ring substituents is 1. The zero-order valence-electron chi connectivity index (χ0n) is 12.9. The van der Waals surface area contributed by atoms with Crippen LogP contribution in [-0.2, 0) is 4.79 Å². The maximum Gasteiger partial charge on any atom is 0.282 e. The van der Waals surface area contributed by atoms with Crippen molar-refractivity contribution in [3.8, 4) is 5.75 Å². The van der Waals surface area contributed by atoms with Crippen LogP contribution in [-0.4, -0.2) is 22.8 Å². The van der Waals surface area contributed by atoms with Crippen molar-refractivity contribution in [2.24, 2.45) is 0 Å². The number of hydrogen-bond donors (Lipinski definition) is 2. The van der Waals surface area contributed by atoms with Gasteiger partial charge in [0.2, 0.25) is 0 Å².